The van der Waals surface area contributed by atoms with Crippen LogP contribution in [0, 0.1) is 10.1 Å². The zero-order valence-electron chi connectivity index (χ0n) is 19.4. The van der Waals surface area contributed by atoms with Crippen molar-refractivity contribution >= 4 is 55.8 Å². The lowest BCUT2D eigenvalue weighted by molar-refractivity contribution is -0.384. The van der Waals surface area contributed by atoms with E-state index in [-0.39, 0.29) is 27.1 Å². The molecule has 0 aliphatic heterocycles. The molecule has 1 aromatic heterocycles. The van der Waals surface area contributed by atoms with Crippen LogP contribution in [-0.4, -0.2) is 30.1 Å². The fraction of sp³-hybridized carbons (Fsp3) is 0. The number of rotatable bonds is 9. The number of hydrogen-bond acceptors (Lipinski definition) is 8. The summed E-state index contributed by atoms with van der Waals surface area (Å²) in [5.41, 5.74) is 0.767. The van der Waals surface area contributed by atoms with Crippen molar-refractivity contribution in [3.63, 3.8) is 0 Å². The first kappa shape index (κ1) is 26.2. The molecule has 0 saturated heterocycles. The number of thiazole rings is 1. The van der Waals surface area contributed by atoms with E-state index >= 15 is 0 Å². The van der Waals surface area contributed by atoms with Gasteiger partial charge in [0, 0.05) is 35.0 Å². The number of hydrogen-bond donors (Lipinski definition) is 3. The van der Waals surface area contributed by atoms with Gasteiger partial charge in [-0.2, -0.15) is 0 Å². The summed E-state index contributed by atoms with van der Waals surface area (Å²) in [4.78, 5) is 40.1. The van der Waals surface area contributed by atoms with Crippen molar-refractivity contribution < 1.29 is 22.9 Å². The van der Waals surface area contributed by atoms with Crippen LogP contribution in [0.25, 0.3) is 6.08 Å². The number of benzene rings is 3. The normalized spacial score (nSPS) is 11.4. The van der Waals surface area contributed by atoms with Crippen molar-refractivity contribution in [3.05, 3.63) is 117 Å². The minimum atomic E-state index is -3.87. The van der Waals surface area contributed by atoms with Gasteiger partial charge in [-0.15, -0.1) is 11.3 Å². The molecule has 0 unspecified atom stereocenters. The van der Waals surface area contributed by atoms with Gasteiger partial charge < -0.3 is 10.6 Å². The van der Waals surface area contributed by atoms with Gasteiger partial charge in [-0.3, -0.25) is 24.4 Å². The maximum Gasteiger partial charge on any atom is 0.272 e. The van der Waals surface area contributed by atoms with Crippen molar-refractivity contribution in [2.45, 2.75) is 4.90 Å². The van der Waals surface area contributed by atoms with Crippen LogP contribution >= 0.6 is 11.3 Å². The Morgan fingerprint density at radius 1 is 0.947 bits per heavy atom. The summed E-state index contributed by atoms with van der Waals surface area (Å²) in [5, 5.41) is 18.0. The third-order valence-electron chi connectivity index (χ3n) is 5.02. The zero-order chi connectivity index (χ0) is 27.1. The summed E-state index contributed by atoms with van der Waals surface area (Å²) >= 11 is 1.13. The zero-order valence-corrected chi connectivity index (χ0v) is 21.0. The maximum atomic E-state index is 13.1. The Hall–Kier alpha value is -4.88. The van der Waals surface area contributed by atoms with E-state index in [2.05, 4.69) is 20.3 Å². The number of nitro groups is 1. The molecule has 2 amide bonds. The molecule has 0 aliphatic rings. The Balaban J connectivity index is 1.55. The molecule has 0 spiro atoms. The molecule has 0 fully saturated rings. The lowest BCUT2D eigenvalue weighted by atomic mass is 10.1. The molecule has 4 rings (SSSR count). The van der Waals surface area contributed by atoms with Crippen LogP contribution in [0.15, 0.2) is 101 Å². The molecule has 11 nitrogen and oxygen atoms in total. The Kier molecular flexibility index (Phi) is 7.89. The van der Waals surface area contributed by atoms with Crippen LogP contribution in [0.3, 0.4) is 0 Å². The fourth-order valence-electron chi connectivity index (χ4n) is 3.16. The minimum absolute atomic E-state index is 0.0373. The lowest BCUT2D eigenvalue weighted by Gasteiger charge is -2.12. The molecular formula is C25H19N5O6S2. The first-order chi connectivity index (χ1) is 18.2. The molecule has 0 atom stereocenters. The highest BCUT2D eigenvalue weighted by Gasteiger charge is 2.18. The Bertz CT molecular complexity index is 1590. The number of non-ortho nitro benzene ring substituents is 1. The summed E-state index contributed by atoms with van der Waals surface area (Å²) in [7, 11) is -3.87. The number of amides is 2. The van der Waals surface area contributed by atoms with Gasteiger partial charge in [-0.25, -0.2) is 13.4 Å². The third kappa shape index (κ3) is 6.66. The van der Waals surface area contributed by atoms with Crippen molar-refractivity contribution in [3.8, 4) is 0 Å². The van der Waals surface area contributed by atoms with Gasteiger partial charge in [0.1, 0.15) is 5.70 Å². The van der Waals surface area contributed by atoms with E-state index in [9.17, 15) is 28.1 Å². The molecule has 13 heteroatoms. The van der Waals surface area contributed by atoms with E-state index in [0.29, 0.717) is 11.1 Å². The molecule has 0 radical (unpaired) electrons. The molecule has 0 aliphatic carbocycles. The highest BCUT2D eigenvalue weighted by Crippen LogP contribution is 2.20. The summed E-state index contributed by atoms with van der Waals surface area (Å²) < 4.78 is 27.4. The van der Waals surface area contributed by atoms with Gasteiger partial charge in [-0.05, 0) is 60.2 Å². The molecule has 4 aromatic rings. The van der Waals surface area contributed by atoms with E-state index in [4.69, 9.17) is 0 Å². The quantitative estimate of drug-likeness (QED) is 0.160. The highest BCUT2D eigenvalue weighted by molar-refractivity contribution is 7.93. The number of anilines is 2. The average molecular weight is 550 g/mol. The van der Waals surface area contributed by atoms with Gasteiger partial charge in [0.25, 0.3) is 27.5 Å². The monoisotopic (exact) mass is 549 g/mol. The largest absolute Gasteiger partial charge is 0.321 e. The van der Waals surface area contributed by atoms with Gasteiger partial charge >= 0.3 is 0 Å². The van der Waals surface area contributed by atoms with Crippen molar-refractivity contribution in [2.24, 2.45) is 0 Å². The van der Waals surface area contributed by atoms with E-state index in [0.717, 1.165) is 11.3 Å². The predicted molar refractivity (Wildman–Crippen MR) is 143 cm³/mol. The van der Waals surface area contributed by atoms with Crippen LogP contribution in [0.1, 0.15) is 15.9 Å². The molecular weight excluding hydrogens is 530 g/mol. The molecule has 1 heterocycles. The fourth-order valence-corrected chi connectivity index (χ4v) is 4.95. The standard InChI is InChI=1S/C25H19N5O6S2/c31-23(18-4-2-1-3-5-18)28-22(16-17-6-10-20(11-7-17)30(33)34)24(32)27-19-8-12-21(13-9-19)38(35,36)29-25-26-14-15-37-25/h1-16H,(H,26,29)(H,27,32)(H,28,31). The molecule has 3 N–H and O–H groups in total. The van der Waals surface area contributed by atoms with Crippen LogP contribution in [0.2, 0.25) is 0 Å². The second-order valence-corrected chi connectivity index (χ2v) is 10.2. The SMILES string of the molecule is O=C(Nc1ccc(S(=O)(=O)Nc2nccs2)cc1)C(=Cc1ccc([N+](=O)[O-])cc1)NC(=O)c1ccccc1. The third-order valence-corrected chi connectivity index (χ3v) is 7.19. The van der Waals surface area contributed by atoms with Gasteiger partial charge in [0.15, 0.2) is 5.13 Å². The molecule has 3 aromatic carbocycles. The van der Waals surface area contributed by atoms with Crippen molar-refractivity contribution in [1.29, 1.82) is 0 Å². The summed E-state index contributed by atoms with van der Waals surface area (Å²) in [6.45, 7) is 0. The van der Waals surface area contributed by atoms with E-state index in [1.807, 2.05) is 0 Å². The Morgan fingerprint density at radius 3 is 2.24 bits per heavy atom. The number of carbonyl (C=O) groups excluding carboxylic acids is 2. The van der Waals surface area contributed by atoms with Crippen molar-refractivity contribution in [1.82, 2.24) is 10.3 Å². The topological polar surface area (TPSA) is 160 Å². The van der Waals surface area contributed by atoms with Crippen LogP contribution in [0.4, 0.5) is 16.5 Å². The molecule has 192 valence electrons. The van der Waals surface area contributed by atoms with Crippen LogP contribution < -0.4 is 15.4 Å². The average Bonchev–Trinajstić information content (AvgIpc) is 3.41. The maximum absolute atomic E-state index is 13.1. The summed E-state index contributed by atoms with van der Waals surface area (Å²) in [6, 6.07) is 19.1. The summed E-state index contributed by atoms with van der Waals surface area (Å²) in [6.07, 6.45) is 2.84. The van der Waals surface area contributed by atoms with Gasteiger partial charge in [0.2, 0.25) is 0 Å². The van der Waals surface area contributed by atoms with Crippen LogP contribution in [0.5, 0.6) is 0 Å². The van der Waals surface area contributed by atoms with E-state index < -0.39 is 26.8 Å². The second-order valence-electron chi connectivity index (χ2n) is 7.65. The number of aromatic nitrogens is 1. The number of carbonyl (C=O) groups is 2. The second kappa shape index (κ2) is 11.5. The number of nitrogens with zero attached hydrogens (tertiary/aromatic N) is 2. The van der Waals surface area contributed by atoms with E-state index in [1.54, 1.807) is 35.7 Å². The Morgan fingerprint density at radius 2 is 1.63 bits per heavy atom. The molecule has 0 bridgehead atoms. The number of nitrogens with one attached hydrogen (secondary N) is 3. The van der Waals surface area contributed by atoms with Crippen molar-refractivity contribution in [2.75, 3.05) is 10.0 Å². The van der Waals surface area contributed by atoms with Crippen LogP contribution in [-0.2, 0) is 14.8 Å². The van der Waals surface area contributed by atoms with E-state index in [1.165, 1.54) is 60.8 Å². The number of sulfonamides is 1. The molecule has 38 heavy (non-hydrogen) atoms. The smallest absolute Gasteiger partial charge is 0.272 e. The first-order valence-electron chi connectivity index (χ1n) is 10.9. The highest BCUT2D eigenvalue weighted by atomic mass is 32.2. The van der Waals surface area contributed by atoms with Gasteiger partial charge in [-0.1, -0.05) is 18.2 Å². The predicted octanol–water partition coefficient (Wildman–Crippen LogP) is 4.26. The minimum Gasteiger partial charge on any atom is -0.321 e. The number of nitro benzene ring substituents is 1. The summed E-state index contributed by atoms with van der Waals surface area (Å²) in [5.74, 6) is -1.23. The molecule has 0 saturated carbocycles. The Labute approximate surface area is 221 Å². The lowest BCUT2D eigenvalue weighted by Crippen LogP contribution is -2.30. The van der Waals surface area contributed by atoms with Gasteiger partial charge in [0.05, 0.1) is 9.82 Å². The first-order valence-corrected chi connectivity index (χ1v) is 13.2.